The minimum atomic E-state index is -0.474. The summed E-state index contributed by atoms with van der Waals surface area (Å²) >= 11 is 3.49. The molecule has 4 heteroatoms. The van der Waals surface area contributed by atoms with Gasteiger partial charge in [0.1, 0.15) is 12.8 Å². The molecule has 23 heavy (non-hydrogen) atoms. The smallest absolute Gasteiger partial charge is 0.123 e. The van der Waals surface area contributed by atoms with Gasteiger partial charge in [-0.25, -0.2) is 4.39 Å². The summed E-state index contributed by atoms with van der Waals surface area (Å²) in [5.74, 6) is 0. The molecular weight excluding hydrogens is 355 g/mol. The fourth-order valence-electron chi connectivity index (χ4n) is 3.23. The van der Waals surface area contributed by atoms with E-state index in [4.69, 9.17) is 0 Å². The molecule has 0 saturated carbocycles. The number of rotatable bonds is 2. The van der Waals surface area contributed by atoms with Crippen LogP contribution in [0, 0.1) is 0 Å². The second kappa shape index (κ2) is 5.85. The van der Waals surface area contributed by atoms with Gasteiger partial charge in [-0.05, 0) is 29.0 Å². The van der Waals surface area contributed by atoms with Crippen LogP contribution in [-0.2, 0) is 6.67 Å². The highest BCUT2D eigenvalue weighted by atomic mass is 79.9. The molecule has 0 bridgehead atoms. The Morgan fingerprint density at radius 3 is 2.96 bits per heavy atom. The standard InChI is InChI=1S/C19H16BrFN2/c20-14-9-8-13(11-21)15(10-14)19-22-16-6-2-1-4-12-5-3-7-17(23-19)18(12)16/h1-5,7-10,19,22-23H,6,11H2. The van der Waals surface area contributed by atoms with E-state index < -0.39 is 6.67 Å². The maximum Gasteiger partial charge on any atom is 0.123 e. The predicted molar refractivity (Wildman–Crippen MR) is 95.8 cm³/mol. The van der Waals surface area contributed by atoms with Gasteiger partial charge in [0.2, 0.25) is 0 Å². The molecule has 0 aromatic heterocycles. The molecule has 2 aromatic rings. The minimum absolute atomic E-state index is 0.137. The number of anilines is 1. The Bertz CT molecular complexity index is 917. The third kappa shape index (κ3) is 2.57. The van der Waals surface area contributed by atoms with Crippen LogP contribution in [0.4, 0.5) is 10.1 Å². The zero-order valence-corrected chi connectivity index (χ0v) is 14.0. The van der Waals surface area contributed by atoms with Gasteiger partial charge in [-0.15, -0.1) is 0 Å². The van der Waals surface area contributed by atoms with Gasteiger partial charge in [0.05, 0.1) is 0 Å². The fourth-order valence-corrected chi connectivity index (χ4v) is 3.61. The first-order chi connectivity index (χ1) is 11.3. The number of benzene rings is 2. The molecule has 0 radical (unpaired) electrons. The summed E-state index contributed by atoms with van der Waals surface area (Å²) in [6.07, 6.45) is 7.07. The maximum atomic E-state index is 13.4. The van der Waals surface area contributed by atoms with Gasteiger partial charge in [0, 0.05) is 33.1 Å². The summed E-state index contributed by atoms with van der Waals surface area (Å²) in [5.41, 5.74) is 3.90. The molecule has 2 nitrogen and oxygen atoms in total. The fraction of sp³-hybridized carbons (Fsp3) is 0.158. The second-order valence-corrected chi connectivity index (χ2v) is 6.66. The van der Waals surface area contributed by atoms with E-state index in [0.717, 1.165) is 22.1 Å². The molecule has 4 rings (SSSR count). The topological polar surface area (TPSA) is 24.1 Å². The van der Waals surface area contributed by atoms with Crippen LogP contribution in [-0.4, -0.2) is 0 Å². The van der Waals surface area contributed by atoms with Crippen molar-refractivity contribution in [3.63, 3.8) is 0 Å². The number of nitrogens with one attached hydrogen (secondary N) is 2. The van der Waals surface area contributed by atoms with Crippen LogP contribution in [0.2, 0.25) is 0 Å². The van der Waals surface area contributed by atoms with Crippen molar-refractivity contribution in [1.29, 1.82) is 0 Å². The van der Waals surface area contributed by atoms with E-state index in [1.165, 1.54) is 16.1 Å². The van der Waals surface area contributed by atoms with Gasteiger partial charge >= 0.3 is 0 Å². The molecule has 1 unspecified atom stereocenters. The molecule has 0 saturated heterocycles. The molecule has 116 valence electrons. The van der Waals surface area contributed by atoms with E-state index in [1.807, 2.05) is 24.3 Å². The van der Waals surface area contributed by atoms with Crippen LogP contribution in [0.25, 0.3) is 11.8 Å². The van der Waals surface area contributed by atoms with Crippen molar-refractivity contribution in [2.75, 3.05) is 5.32 Å². The van der Waals surface area contributed by atoms with Gasteiger partial charge in [-0.2, -0.15) is 0 Å². The van der Waals surface area contributed by atoms with Crippen molar-refractivity contribution in [2.45, 2.75) is 19.3 Å². The van der Waals surface area contributed by atoms with Crippen LogP contribution < -0.4 is 21.1 Å². The first-order valence-electron chi connectivity index (χ1n) is 7.63. The zero-order chi connectivity index (χ0) is 15.8. The SMILES string of the molecule is FCc1ccc(Br)cc1C1NC2=c3c(cccc3=CC=CC2)N1. The Morgan fingerprint density at radius 2 is 2.09 bits per heavy atom. The highest BCUT2D eigenvalue weighted by Crippen LogP contribution is 2.27. The third-order valence-electron chi connectivity index (χ3n) is 4.31. The molecule has 0 spiro atoms. The van der Waals surface area contributed by atoms with Crippen molar-refractivity contribution in [2.24, 2.45) is 0 Å². The lowest BCUT2D eigenvalue weighted by Crippen LogP contribution is -2.43. The van der Waals surface area contributed by atoms with Crippen LogP contribution in [0.1, 0.15) is 23.7 Å². The van der Waals surface area contributed by atoms with Crippen molar-refractivity contribution >= 4 is 33.4 Å². The van der Waals surface area contributed by atoms with Crippen molar-refractivity contribution in [1.82, 2.24) is 5.32 Å². The Morgan fingerprint density at radius 1 is 1.17 bits per heavy atom. The van der Waals surface area contributed by atoms with E-state index in [9.17, 15) is 4.39 Å². The zero-order valence-electron chi connectivity index (χ0n) is 12.4. The lowest BCUT2D eigenvalue weighted by molar-refractivity contribution is 0.478. The predicted octanol–water partition coefficient (Wildman–Crippen LogP) is 3.48. The number of halogens is 2. The van der Waals surface area contributed by atoms with E-state index in [1.54, 1.807) is 0 Å². The summed E-state index contributed by atoms with van der Waals surface area (Å²) < 4.78 is 14.3. The highest BCUT2D eigenvalue weighted by molar-refractivity contribution is 9.10. The quantitative estimate of drug-likeness (QED) is 0.845. The van der Waals surface area contributed by atoms with E-state index in [0.29, 0.717) is 5.56 Å². The van der Waals surface area contributed by atoms with E-state index in [2.05, 4.69) is 56.9 Å². The largest absolute Gasteiger partial charge is 0.364 e. The number of hydrogen-bond acceptors (Lipinski definition) is 2. The third-order valence-corrected chi connectivity index (χ3v) is 4.81. The Balaban J connectivity index is 1.85. The van der Waals surface area contributed by atoms with Crippen molar-refractivity contribution in [3.8, 4) is 0 Å². The molecule has 0 amide bonds. The molecule has 2 aliphatic rings. The van der Waals surface area contributed by atoms with Gasteiger partial charge in [0.25, 0.3) is 0 Å². The summed E-state index contributed by atoms with van der Waals surface area (Å²) in [6.45, 7) is -0.474. The first-order valence-corrected chi connectivity index (χ1v) is 8.42. The van der Waals surface area contributed by atoms with Gasteiger partial charge in [-0.1, -0.05) is 52.4 Å². The van der Waals surface area contributed by atoms with Crippen molar-refractivity contribution < 1.29 is 4.39 Å². The van der Waals surface area contributed by atoms with E-state index >= 15 is 0 Å². The highest BCUT2D eigenvalue weighted by Gasteiger charge is 2.22. The van der Waals surface area contributed by atoms with E-state index in [-0.39, 0.29) is 6.17 Å². The average molecular weight is 371 g/mol. The molecule has 1 heterocycles. The van der Waals surface area contributed by atoms with Crippen LogP contribution in [0.15, 0.2) is 53.0 Å². The summed E-state index contributed by atoms with van der Waals surface area (Å²) in [6, 6.07) is 11.9. The van der Waals surface area contributed by atoms with Gasteiger partial charge in [0.15, 0.2) is 0 Å². The second-order valence-electron chi connectivity index (χ2n) is 5.75. The summed E-state index contributed by atoms with van der Waals surface area (Å²) in [7, 11) is 0. The molecular formula is C19H16BrFN2. The number of allylic oxidation sites excluding steroid dienone is 1. The minimum Gasteiger partial charge on any atom is -0.364 e. The molecule has 2 aromatic carbocycles. The summed E-state index contributed by atoms with van der Waals surface area (Å²) in [5, 5.41) is 9.48. The van der Waals surface area contributed by atoms with Crippen LogP contribution in [0.5, 0.6) is 0 Å². The normalized spacial score (nSPS) is 18.3. The van der Waals surface area contributed by atoms with Crippen LogP contribution >= 0.6 is 15.9 Å². The number of hydrogen-bond donors (Lipinski definition) is 2. The Labute approximate surface area is 142 Å². The van der Waals surface area contributed by atoms with Gasteiger partial charge < -0.3 is 10.6 Å². The molecule has 1 aliphatic heterocycles. The first kappa shape index (κ1) is 14.5. The van der Waals surface area contributed by atoms with Crippen molar-refractivity contribution in [3.05, 3.63) is 74.6 Å². The maximum absolute atomic E-state index is 13.4. The van der Waals surface area contributed by atoms with Gasteiger partial charge in [-0.3, -0.25) is 0 Å². The molecule has 0 fully saturated rings. The lowest BCUT2D eigenvalue weighted by atomic mass is 10.0. The number of alkyl halides is 1. The monoisotopic (exact) mass is 370 g/mol. The average Bonchev–Trinajstić information content (AvgIpc) is 2.78. The Kier molecular flexibility index (Phi) is 3.69. The summed E-state index contributed by atoms with van der Waals surface area (Å²) in [4.78, 5) is 0. The molecule has 2 N–H and O–H groups in total. The van der Waals surface area contributed by atoms with Crippen LogP contribution in [0.3, 0.4) is 0 Å². The molecule has 1 atom stereocenters. The Hall–Kier alpha value is -2.07. The lowest BCUT2D eigenvalue weighted by Gasteiger charge is -2.30. The molecule has 1 aliphatic carbocycles.